The number of nitrogens with zero attached hydrogens (tertiary/aromatic N) is 3. The van der Waals surface area contributed by atoms with Gasteiger partial charge >= 0.3 is 17.8 Å². The molecule has 3 rings (SSSR count). The van der Waals surface area contributed by atoms with E-state index in [4.69, 9.17) is 4.74 Å². The van der Waals surface area contributed by atoms with Gasteiger partial charge < -0.3 is 4.74 Å². The quantitative estimate of drug-likeness (QED) is 0.602. The van der Waals surface area contributed by atoms with Crippen LogP contribution in [-0.4, -0.2) is 65.0 Å². The van der Waals surface area contributed by atoms with Crippen LogP contribution in [0.4, 0.5) is 4.79 Å². The summed E-state index contributed by atoms with van der Waals surface area (Å²) in [7, 11) is 0. The minimum absolute atomic E-state index is 0.0488. The lowest BCUT2D eigenvalue weighted by atomic mass is 10.2. The van der Waals surface area contributed by atoms with Gasteiger partial charge in [-0.05, 0) is 12.5 Å². The standard InChI is InChI=1S/C16H19N3O4/c1-12-9-17(7-8-23-12)11-19-15(21)14(20)18(16(19)22)10-13-5-3-2-4-6-13/h2-6,12H,7-11H2,1H3/t12-/m0/s1. The predicted molar refractivity (Wildman–Crippen MR) is 81.1 cm³/mol. The molecule has 2 saturated heterocycles. The van der Waals surface area contributed by atoms with Crippen LogP contribution in [0.25, 0.3) is 0 Å². The number of hydrogen-bond donors (Lipinski definition) is 0. The van der Waals surface area contributed by atoms with Crippen LogP contribution < -0.4 is 0 Å². The first-order valence-corrected chi connectivity index (χ1v) is 7.61. The third kappa shape index (κ3) is 3.25. The molecule has 0 aliphatic carbocycles. The van der Waals surface area contributed by atoms with E-state index in [2.05, 4.69) is 0 Å². The highest BCUT2D eigenvalue weighted by Crippen LogP contribution is 2.17. The van der Waals surface area contributed by atoms with Crippen molar-refractivity contribution in [2.75, 3.05) is 26.4 Å². The number of imide groups is 2. The maximum absolute atomic E-state index is 12.4. The van der Waals surface area contributed by atoms with Crippen LogP contribution in [0.5, 0.6) is 0 Å². The third-order valence-corrected chi connectivity index (χ3v) is 3.99. The lowest BCUT2D eigenvalue weighted by Crippen LogP contribution is -2.48. The van der Waals surface area contributed by atoms with E-state index in [9.17, 15) is 14.4 Å². The number of amides is 4. The third-order valence-electron chi connectivity index (χ3n) is 3.99. The van der Waals surface area contributed by atoms with Crippen molar-refractivity contribution in [3.05, 3.63) is 35.9 Å². The van der Waals surface area contributed by atoms with Gasteiger partial charge in [-0.3, -0.25) is 19.4 Å². The maximum atomic E-state index is 12.4. The van der Waals surface area contributed by atoms with E-state index in [1.54, 1.807) is 0 Å². The largest absolute Gasteiger partial charge is 0.376 e. The molecule has 0 N–H and O–H groups in total. The van der Waals surface area contributed by atoms with Crippen LogP contribution in [0.3, 0.4) is 0 Å². The number of benzene rings is 1. The first-order valence-electron chi connectivity index (χ1n) is 7.61. The van der Waals surface area contributed by atoms with Crippen molar-refractivity contribution in [3.63, 3.8) is 0 Å². The molecule has 2 aliphatic rings. The highest BCUT2D eigenvalue weighted by atomic mass is 16.5. The van der Waals surface area contributed by atoms with Gasteiger partial charge in [0, 0.05) is 13.1 Å². The van der Waals surface area contributed by atoms with Gasteiger partial charge in [-0.1, -0.05) is 30.3 Å². The highest BCUT2D eigenvalue weighted by Gasteiger charge is 2.45. The van der Waals surface area contributed by atoms with Gasteiger partial charge in [0.2, 0.25) is 0 Å². The lowest BCUT2D eigenvalue weighted by Gasteiger charge is -2.32. The molecule has 0 unspecified atom stereocenters. The average Bonchev–Trinajstić information content (AvgIpc) is 2.74. The van der Waals surface area contributed by atoms with E-state index >= 15 is 0 Å². The molecule has 7 nitrogen and oxygen atoms in total. The Morgan fingerprint density at radius 3 is 2.48 bits per heavy atom. The van der Waals surface area contributed by atoms with E-state index in [1.165, 1.54) is 0 Å². The first-order chi connectivity index (χ1) is 11.1. The summed E-state index contributed by atoms with van der Waals surface area (Å²) >= 11 is 0. The minimum Gasteiger partial charge on any atom is -0.376 e. The van der Waals surface area contributed by atoms with Crippen molar-refractivity contribution in [3.8, 4) is 0 Å². The summed E-state index contributed by atoms with van der Waals surface area (Å²) in [5, 5.41) is 0. The van der Waals surface area contributed by atoms with Gasteiger partial charge in [0.1, 0.15) is 0 Å². The van der Waals surface area contributed by atoms with Crippen LogP contribution in [0.2, 0.25) is 0 Å². The predicted octanol–water partition coefficient (Wildman–Crippen LogP) is 0.656. The molecular formula is C16H19N3O4. The summed E-state index contributed by atoms with van der Waals surface area (Å²) in [6.07, 6.45) is 0.0488. The van der Waals surface area contributed by atoms with Crippen molar-refractivity contribution < 1.29 is 19.1 Å². The number of carbonyl (C=O) groups is 3. The molecule has 0 radical (unpaired) electrons. The van der Waals surface area contributed by atoms with Crippen molar-refractivity contribution in [1.29, 1.82) is 0 Å². The number of rotatable bonds is 4. The molecule has 0 aromatic heterocycles. The molecule has 2 heterocycles. The number of urea groups is 1. The van der Waals surface area contributed by atoms with E-state index in [0.29, 0.717) is 19.7 Å². The Hall–Kier alpha value is -2.25. The van der Waals surface area contributed by atoms with Gasteiger partial charge in [-0.25, -0.2) is 9.69 Å². The zero-order chi connectivity index (χ0) is 16.4. The molecular weight excluding hydrogens is 298 g/mol. The van der Waals surface area contributed by atoms with Gasteiger partial charge in [0.25, 0.3) is 0 Å². The van der Waals surface area contributed by atoms with Crippen LogP contribution in [0, 0.1) is 0 Å². The molecule has 1 atom stereocenters. The van der Waals surface area contributed by atoms with Crippen LogP contribution >= 0.6 is 0 Å². The van der Waals surface area contributed by atoms with E-state index in [0.717, 1.165) is 15.4 Å². The van der Waals surface area contributed by atoms with Crippen LogP contribution in [0.1, 0.15) is 12.5 Å². The molecule has 0 bridgehead atoms. The topological polar surface area (TPSA) is 70.2 Å². The Labute approximate surface area is 134 Å². The fourth-order valence-electron chi connectivity index (χ4n) is 2.80. The zero-order valence-electron chi connectivity index (χ0n) is 13.0. The summed E-state index contributed by atoms with van der Waals surface area (Å²) in [6.45, 7) is 3.99. The van der Waals surface area contributed by atoms with Crippen molar-refractivity contribution in [2.24, 2.45) is 0 Å². The molecule has 2 fully saturated rings. The van der Waals surface area contributed by atoms with Gasteiger partial charge in [0.05, 0.1) is 25.9 Å². The van der Waals surface area contributed by atoms with E-state index in [1.807, 2.05) is 42.2 Å². The Kier molecular flexibility index (Phi) is 4.40. The van der Waals surface area contributed by atoms with Gasteiger partial charge in [-0.15, -0.1) is 0 Å². The SMILES string of the molecule is C[C@H]1CN(CN2C(=O)C(=O)N(Cc3ccccc3)C2=O)CCO1. The Balaban J connectivity index is 1.69. The second kappa shape index (κ2) is 6.47. The number of carbonyl (C=O) groups excluding carboxylic acids is 3. The molecule has 7 heteroatoms. The van der Waals surface area contributed by atoms with Crippen molar-refractivity contribution in [1.82, 2.24) is 14.7 Å². The molecule has 4 amide bonds. The highest BCUT2D eigenvalue weighted by molar-refractivity contribution is 6.44. The Morgan fingerprint density at radius 2 is 1.78 bits per heavy atom. The summed E-state index contributed by atoms with van der Waals surface area (Å²) in [5.41, 5.74) is 0.809. The second-order valence-electron chi connectivity index (χ2n) is 5.79. The summed E-state index contributed by atoms with van der Waals surface area (Å²) in [5.74, 6) is -1.52. The number of ether oxygens (including phenoxy) is 1. The smallest absolute Gasteiger partial charge is 0.335 e. The minimum atomic E-state index is -0.764. The normalized spacial score (nSPS) is 23.0. The van der Waals surface area contributed by atoms with Crippen LogP contribution in [-0.2, 0) is 20.9 Å². The maximum Gasteiger partial charge on any atom is 0.335 e. The van der Waals surface area contributed by atoms with Gasteiger partial charge in [0.15, 0.2) is 0 Å². The summed E-state index contributed by atoms with van der Waals surface area (Å²) in [6, 6.07) is 8.59. The molecule has 122 valence electrons. The van der Waals surface area contributed by atoms with Crippen LogP contribution in [0.15, 0.2) is 30.3 Å². The average molecular weight is 317 g/mol. The number of morpholine rings is 1. The first kappa shape index (κ1) is 15.6. The van der Waals surface area contributed by atoms with Crippen molar-refractivity contribution in [2.45, 2.75) is 19.6 Å². The molecule has 0 spiro atoms. The number of hydrogen-bond acceptors (Lipinski definition) is 5. The monoisotopic (exact) mass is 317 g/mol. The van der Waals surface area contributed by atoms with Gasteiger partial charge in [-0.2, -0.15) is 0 Å². The summed E-state index contributed by atoms with van der Waals surface area (Å²) in [4.78, 5) is 40.6. The fraction of sp³-hybridized carbons (Fsp3) is 0.438. The molecule has 1 aromatic rings. The molecule has 0 saturated carbocycles. The summed E-state index contributed by atoms with van der Waals surface area (Å²) < 4.78 is 5.44. The molecule has 2 aliphatic heterocycles. The molecule has 23 heavy (non-hydrogen) atoms. The lowest BCUT2D eigenvalue weighted by molar-refractivity contribution is -0.144. The van der Waals surface area contributed by atoms with E-state index in [-0.39, 0.29) is 19.3 Å². The Bertz CT molecular complexity index is 619. The zero-order valence-corrected chi connectivity index (χ0v) is 13.0. The Morgan fingerprint density at radius 1 is 1.09 bits per heavy atom. The fourth-order valence-corrected chi connectivity index (χ4v) is 2.80. The molecule has 1 aromatic carbocycles. The van der Waals surface area contributed by atoms with Crippen molar-refractivity contribution >= 4 is 17.8 Å². The van der Waals surface area contributed by atoms with E-state index < -0.39 is 17.8 Å². The second-order valence-corrected chi connectivity index (χ2v) is 5.79.